The zero-order valence-electron chi connectivity index (χ0n) is 16.2. The van der Waals surface area contributed by atoms with Gasteiger partial charge in [0, 0.05) is 39.1 Å². The smallest absolute Gasteiger partial charge is 0.356 e. The molecule has 8 heteroatoms. The molecule has 1 N–H and O–H groups in total. The van der Waals surface area contributed by atoms with Crippen LogP contribution >= 0.6 is 0 Å². The first-order valence-corrected chi connectivity index (χ1v) is 9.47. The number of hydrogen-bond acceptors (Lipinski definition) is 2. The van der Waals surface area contributed by atoms with E-state index in [4.69, 9.17) is 0 Å². The molecule has 0 spiro atoms. The van der Waals surface area contributed by atoms with Gasteiger partial charge in [-0.25, -0.2) is 4.98 Å². The number of imidazole rings is 1. The number of guanidine groups is 1. The Bertz CT molecular complexity index is 768. The van der Waals surface area contributed by atoms with Gasteiger partial charge in [-0.3, -0.25) is 4.99 Å². The second-order valence-corrected chi connectivity index (χ2v) is 7.21. The third-order valence-corrected chi connectivity index (χ3v) is 5.32. The molecule has 0 radical (unpaired) electrons. The number of aromatic nitrogens is 2. The topological polar surface area (TPSA) is 45.5 Å². The molecular weight excluding hydrogens is 367 g/mol. The molecular formula is C20H26F3N5. The van der Waals surface area contributed by atoms with E-state index in [9.17, 15) is 13.2 Å². The van der Waals surface area contributed by atoms with Crippen LogP contribution in [0.5, 0.6) is 0 Å². The van der Waals surface area contributed by atoms with Crippen LogP contribution in [0.25, 0.3) is 0 Å². The Morgan fingerprint density at radius 2 is 2.04 bits per heavy atom. The summed E-state index contributed by atoms with van der Waals surface area (Å²) in [5.74, 6) is 1.37. The lowest BCUT2D eigenvalue weighted by molar-refractivity contribution is -0.137. The molecule has 1 aliphatic heterocycles. The fourth-order valence-electron chi connectivity index (χ4n) is 3.61. The summed E-state index contributed by atoms with van der Waals surface area (Å²) in [7, 11) is 1.75. The highest BCUT2D eigenvalue weighted by Crippen LogP contribution is 2.29. The van der Waals surface area contributed by atoms with E-state index >= 15 is 0 Å². The van der Waals surface area contributed by atoms with Crippen molar-refractivity contribution in [2.24, 2.45) is 10.9 Å². The molecule has 2 aromatic rings. The van der Waals surface area contributed by atoms with Crippen LogP contribution < -0.4 is 5.32 Å². The van der Waals surface area contributed by atoms with Gasteiger partial charge in [0.1, 0.15) is 0 Å². The minimum Gasteiger partial charge on any atom is -0.356 e. The molecule has 0 saturated carbocycles. The van der Waals surface area contributed by atoms with Gasteiger partial charge in [0.2, 0.25) is 0 Å². The fraction of sp³-hybridized carbons (Fsp3) is 0.500. The molecule has 2 heterocycles. The number of halogens is 3. The SMILES string of the molecule is CN=C(NCCc1ccc(C(F)(F)F)cc1)N1CCC(C)C(n2ccnc2)C1. The van der Waals surface area contributed by atoms with Crippen molar-refractivity contribution in [2.75, 3.05) is 26.7 Å². The quantitative estimate of drug-likeness (QED) is 0.638. The number of benzene rings is 1. The number of nitrogens with one attached hydrogen (secondary N) is 1. The lowest BCUT2D eigenvalue weighted by Gasteiger charge is -2.39. The van der Waals surface area contributed by atoms with Crippen LogP contribution in [0.1, 0.15) is 30.5 Å². The number of piperidine rings is 1. The van der Waals surface area contributed by atoms with Crippen LogP contribution in [-0.2, 0) is 12.6 Å². The molecule has 0 aliphatic carbocycles. The van der Waals surface area contributed by atoms with Crippen molar-refractivity contribution in [1.82, 2.24) is 19.8 Å². The highest BCUT2D eigenvalue weighted by Gasteiger charge is 2.30. The second-order valence-electron chi connectivity index (χ2n) is 7.21. The number of nitrogens with zero attached hydrogens (tertiary/aromatic N) is 4. The number of alkyl halides is 3. The third-order valence-electron chi connectivity index (χ3n) is 5.32. The minimum absolute atomic E-state index is 0.338. The van der Waals surface area contributed by atoms with Crippen LogP contribution in [0.3, 0.4) is 0 Å². The number of likely N-dealkylation sites (tertiary alicyclic amines) is 1. The van der Waals surface area contributed by atoms with Crippen LogP contribution in [0, 0.1) is 5.92 Å². The van der Waals surface area contributed by atoms with Gasteiger partial charge >= 0.3 is 6.18 Å². The van der Waals surface area contributed by atoms with Gasteiger partial charge in [0.25, 0.3) is 0 Å². The largest absolute Gasteiger partial charge is 0.416 e. The Morgan fingerprint density at radius 1 is 1.29 bits per heavy atom. The Hall–Kier alpha value is -2.51. The van der Waals surface area contributed by atoms with Crippen LogP contribution in [0.15, 0.2) is 48.0 Å². The summed E-state index contributed by atoms with van der Waals surface area (Å²) in [5.41, 5.74) is 0.243. The summed E-state index contributed by atoms with van der Waals surface area (Å²) >= 11 is 0. The molecule has 2 unspecified atom stereocenters. The molecule has 28 heavy (non-hydrogen) atoms. The first kappa shape index (κ1) is 20.2. The normalized spacial score (nSPS) is 21.0. The average Bonchev–Trinajstić information content (AvgIpc) is 3.20. The van der Waals surface area contributed by atoms with Crippen LogP contribution in [-0.4, -0.2) is 47.1 Å². The van der Waals surface area contributed by atoms with Gasteiger partial charge in [0.05, 0.1) is 17.9 Å². The van der Waals surface area contributed by atoms with Crippen LogP contribution in [0.2, 0.25) is 0 Å². The summed E-state index contributed by atoms with van der Waals surface area (Å²) in [6.45, 7) is 4.63. The molecule has 1 aromatic heterocycles. The molecule has 0 amide bonds. The van der Waals surface area contributed by atoms with Crippen molar-refractivity contribution in [3.05, 3.63) is 54.1 Å². The van der Waals surface area contributed by atoms with Gasteiger partial charge in [0.15, 0.2) is 5.96 Å². The standard InChI is InChI=1S/C20H26F3N5/c1-15-8-11-27(13-18(15)28-12-10-25-14-28)19(24-2)26-9-7-16-3-5-17(6-4-16)20(21,22)23/h3-6,10,12,14-15,18H,7-9,11,13H2,1-2H3,(H,24,26). The van der Waals surface area contributed by atoms with Crippen molar-refractivity contribution in [3.8, 4) is 0 Å². The minimum atomic E-state index is -4.30. The predicted octanol–water partition coefficient (Wildman–Crippen LogP) is 3.60. The number of hydrogen-bond donors (Lipinski definition) is 1. The first-order valence-electron chi connectivity index (χ1n) is 9.47. The maximum atomic E-state index is 12.7. The lowest BCUT2D eigenvalue weighted by Crippen LogP contribution is -2.49. The third kappa shape index (κ3) is 4.85. The van der Waals surface area contributed by atoms with Crippen molar-refractivity contribution in [3.63, 3.8) is 0 Å². The molecule has 3 rings (SSSR count). The summed E-state index contributed by atoms with van der Waals surface area (Å²) < 4.78 is 40.1. The first-order chi connectivity index (χ1) is 13.4. The maximum Gasteiger partial charge on any atom is 0.416 e. The Labute approximate surface area is 163 Å². The fourth-order valence-corrected chi connectivity index (χ4v) is 3.61. The molecule has 152 valence electrons. The molecule has 1 aliphatic rings. The van der Waals surface area contributed by atoms with E-state index in [1.54, 1.807) is 13.2 Å². The van der Waals surface area contributed by atoms with E-state index in [-0.39, 0.29) is 0 Å². The average molecular weight is 393 g/mol. The van der Waals surface area contributed by atoms with Gasteiger partial charge in [-0.15, -0.1) is 0 Å². The van der Waals surface area contributed by atoms with E-state index in [0.29, 0.717) is 24.9 Å². The molecule has 1 saturated heterocycles. The molecule has 1 aromatic carbocycles. The molecule has 2 atom stereocenters. The van der Waals surface area contributed by atoms with E-state index in [1.807, 2.05) is 12.5 Å². The maximum absolute atomic E-state index is 12.7. The van der Waals surface area contributed by atoms with E-state index in [2.05, 4.69) is 31.7 Å². The van der Waals surface area contributed by atoms with E-state index in [1.165, 1.54) is 12.1 Å². The zero-order valence-corrected chi connectivity index (χ0v) is 16.2. The van der Waals surface area contributed by atoms with Crippen molar-refractivity contribution < 1.29 is 13.2 Å². The Balaban J connectivity index is 1.54. The van der Waals surface area contributed by atoms with Crippen molar-refractivity contribution in [1.29, 1.82) is 0 Å². The second kappa shape index (κ2) is 8.67. The Morgan fingerprint density at radius 3 is 2.64 bits per heavy atom. The predicted molar refractivity (Wildman–Crippen MR) is 103 cm³/mol. The number of aliphatic imine (C=N–C) groups is 1. The van der Waals surface area contributed by atoms with Crippen molar-refractivity contribution in [2.45, 2.75) is 32.0 Å². The van der Waals surface area contributed by atoms with E-state index in [0.717, 1.165) is 43.2 Å². The molecule has 5 nitrogen and oxygen atoms in total. The van der Waals surface area contributed by atoms with Gasteiger partial charge < -0.3 is 14.8 Å². The highest BCUT2D eigenvalue weighted by molar-refractivity contribution is 5.80. The summed E-state index contributed by atoms with van der Waals surface area (Å²) in [4.78, 5) is 10.8. The van der Waals surface area contributed by atoms with Crippen LogP contribution in [0.4, 0.5) is 13.2 Å². The van der Waals surface area contributed by atoms with E-state index < -0.39 is 11.7 Å². The Kier molecular flexibility index (Phi) is 6.26. The summed E-state index contributed by atoms with van der Waals surface area (Å²) in [6.07, 6.45) is 3.03. The van der Waals surface area contributed by atoms with Gasteiger partial charge in [-0.2, -0.15) is 13.2 Å². The van der Waals surface area contributed by atoms with Gasteiger partial charge in [-0.05, 0) is 36.5 Å². The highest BCUT2D eigenvalue weighted by atomic mass is 19.4. The summed E-state index contributed by atoms with van der Waals surface area (Å²) in [5, 5.41) is 3.34. The molecule has 1 fully saturated rings. The summed E-state index contributed by atoms with van der Waals surface area (Å²) in [6, 6.07) is 5.66. The van der Waals surface area contributed by atoms with Gasteiger partial charge in [-0.1, -0.05) is 19.1 Å². The zero-order chi connectivity index (χ0) is 20.1. The van der Waals surface area contributed by atoms with Crippen molar-refractivity contribution >= 4 is 5.96 Å². The lowest BCUT2D eigenvalue weighted by atomic mass is 9.93. The monoisotopic (exact) mass is 393 g/mol. The molecule has 0 bridgehead atoms. The number of rotatable bonds is 4.